The van der Waals surface area contributed by atoms with Gasteiger partial charge in [-0.05, 0) is 0 Å². The van der Waals surface area contributed by atoms with Crippen LogP contribution < -0.4 is 0 Å². The Hall–Kier alpha value is -1.65. The van der Waals surface area contributed by atoms with Crippen LogP contribution in [0.25, 0.3) is 0 Å². The van der Waals surface area contributed by atoms with E-state index in [9.17, 15) is 9.59 Å². The first-order valence-corrected chi connectivity index (χ1v) is 4.22. The molecule has 1 rings (SSSR count). The highest BCUT2D eigenvalue weighted by Gasteiger charge is 2.09. The zero-order valence-electron chi connectivity index (χ0n) is 8.19. The number of carbonyl (C=O) groups excluding carboxylic acids is 2. The number of esters is 1. The molecule has 0 fully saturated rings. The van der Waals surface area contributed by atoms with E-state index in [2.05, 4.69) is 9.84 Å². The van der Waals surface area contributed by atoms with Crippen LogP contribution in [0.4, 0.5) is 0 Å². The molecule has 14 heavy (non-hydrogen) atoms. The smallest absolute Gasteiger partial charge is 0.305 e. The molecule has 0 atom stereocenters. The van der Waals surface area contributed by atoms with Gasteiger partial charge in [-0.25, -0.2) is 0 Å². The van der Waals surface area contributed by atoms with Crippen molar-refractivity contribution in [3.63, 3.8) is 0 Å². The minimum atomic E-state index is -0.289. The minimum Gasteiger partial charge on any atom is -0.469 e. The first kappa shape index (κ1) is 10.4. The lowest BCUT2D eigenvalue weighted by molar-refractivity contribution is -0.140. The zero-order chi connectivity index (χ0) is 10.6. The molecule has 0 spiro atoms. The maximum atomic E-state index is 10.9. The average molecular weight is 196 g/mol. The molecule has 1 heterocycles. The van der Waals surface area contributed by atoms with E-state index in [-0.39, 0.29) is 12.4 Å². The summed E-state index contributed by atoms with van der Waals surface area (Å²) in [6.45, 7) is 0. The molecule has 0 amide bonds. The topological polar surface area (TPSA) is 61.2 Å². The Morgan fingerprint density at radius 2 is 2.43 bits per heavy atom. The van der Waals surface area contributed by atoms with E-state index in [0.29, 0.717) is 12.0 Å². The number of methoxy groups -OCH3 is 1. The molecule has 0 aromatic carbocycles. The summed E-state index contributed by atoms with van der Waals surface area (Å²) in [5.74, 6) is -0.289. The summed E-state index contributed by atoms with van der Waals surface area (Å²) in [6, 6.07) is 0. The van der Waals surface area contributed by atoms with Gasteiger partial charge in [0, 0.05) is 19.2 Å². The summed E-state index contributed by atoms with van der Waals surface area (Å²) in [5, 5.41) is 3.92. The van der Waals surface area contributed by atoms with Crippen LogP contribution in [-0.2, 0) is 23.0 Å². The molecular formula is C9H12N2O3. The molecule has 0 N–H and O–H groups in total. The number of aryl methyl sites for hydroxylation is 1. The molecule has 0 radical (unpaired) electrons. The molecule has 5 nitrogen and oxygen atoms in total. The normalized spacial score (nSPS) is 9.86. The molecular weight excluding hydrogens is 184 g/mol. The second-order valence-electron chi connectivity index (χ2n) is 2.86. The van der Waals surface area contributed by atoms with Crippen molar-refractivity contribution in [2.45, 2.75) is 12.8 Å². The summed E-state index contributed by atoms with van der Waals surface area (Å²) in [4.78, 5) is 21.5. The Morgan fingerprint density at radius 3 is 3.00 bits per heavy atom. The number of hydrogen-bond donors (Lipinski definition) is 0. The van der Waals surface area contributed by atoms with Crippen LogP contribution in [0.5, 0.6) is 0 Å². The summed E-state index contributed by atoms with van der Waals surface area (Å²) < 4.78 is 6.09. The van der Waals surface area contributed by atoms with E-state index in [1.54, 1.807) is 11.7 Å². The minimum absolute atomic E-state index is 0.261. The molecule has 5 heteroatoms. The van der Waals surface area contributed by atoms with Crippen molar-refractivity contribution in [3.8, 4) is 0 Å². The van der Waals surface area contributed by atoms with Gasteiger partial charge in [0.25, 0.3) is 0 Å². The number of hydrogen-bond acceptors (Lipinski definition) is 4. The fraction of sp³-hybridized carbons (Fsp3) is 0.444. The number of aromatic nitrogens is 2. The van der Waals surface area contributed by atoms with E-state index >= 15 is 0 Å². The quantitative estimate of drug-likeness (QED) is 0.514. The van der Waals surface area contributed by atoms with E-state index in [1.165, 1.54) is 13.3 Å². The van der Waals surface area contributed by atoms with Gasteiger partial charge in [0.15, 0.2) is 6.29 Å². The van der Waals surface area contributed by atoms with Crippen molar-refractivity contribution in [1.29, 1.82) is 0 Å². The summed E-state index contributed by atoms with van der Waals surface area (Å²) >= 11 is 0. The third kappa shape index (κ3) is 2.18. The highest BCUT2D eigenvalue weighted by Crippen LogP contribution is 2.07. The maximum Gasteiger partial charge on any atom is 0.305 e. The standard InChI is InChI=1S/C9H12N2O3/c1-11-8(3-4-9(13)14-2)7(6-12)5-10-11/h5-6H,3-4H2,1-2H3. The van der Waals surface area contributed by atoms with Gasteiger partial charge in [-0.1, -0.05) is 0 Å². The number of aldehydes is 1. The molecule has 1 aromatic rings. The van der Waals surface area contributed by atoms with E-state index in [1.807, 2.05) is 0 Å². The SMILES string of the molecule is COC(=O)CCc1c(C=O)cnn1C. The predicted octanol–water partition coefficient (Wildman–Crippen LogP) is 0.338. The summed E-state index contributed by atoms with van der Waals surface area (Å²) in [6.07, 6.45) is 2.95. The Labute approximate surface area is 81.7 Å². The first-order valence-electron chi connectivity index (χ1n) is 4.22. The zero-order valence-corrected chi connectivity index (χ0v) is 8.19. The number of rotatable bonds is 4. The van der Waals surface area contributed by atoms with Crippen molar-refractivity contribution in [1.82, 2.24) is 9.78 Å². The van der Waals surface area contributed by atoms with Gasteiger partial charge < -0.3 is 4.74 Å². The molecule has 1 aromatic heterocycles. The van der Waals surface area contributed by atoms with Gasteiger partial charge in [-0.15, -0.1) is 0 Å². The van der Waals surface area contributed by atoms with Crippen LogP contribution in [-0.4, -0.2) is 29.1 Å². The van der Waals surface area contributed by atoms with Crippen molar-refractivity contribution < 1.29 is 14.3 Å². The molecule has 0 saturated heterocycles. The van der Waals surface area contributed by atoms with Gasteiger partial charge in [0.2, 0.25) is 0 Å². The molecule has 0 saturated carbocycles. The second-order valence-corrected chi connectivity index (χ2v) is 2.86. The van der Waals surface area contributed by atoms with Crippen molar-refractivity contribution in [2.24, 2.45) is 7.05 Å². The fourth-order valence-corrected chi connectivity index (χ4v) is 1.21. The number of nitrogens with zero attached hydrogens (tertiary/aromatic N) is 2. The lowest BCUT2D eigenvalue weighted by atomic mass is 10.1. The van der Waals surface area contributed by atoms with Crippen LogP contribution in [0.3, 0.4) is 0 Å². The second kappa shape index (κ2) is 4.55. The molecule has 76 valence electrons. The van der Waals surface area contributed by atoms with E-state index in [0.717, 1.165) is 12.0 Å². The maximum absolute atomic E-state index is 10.9. The van der Waals surface area contributed by atoms with Gasteiger partial charge >= 0.3 is 5.97 Å². The van der Waals surface area contributed by atoms with Crippen LogP contribution in [0.1, 0.15) is 22.5 Å². The Kier molecular flexibility index (Phi) is 3.39. The lowest BCUT2D eigenvalue weighted by Crippen LogP contribution is -2.06. The molecule has 0 unspecified atom stereocenters. The van der Waals surface area contributed by atoms with Crippen LogP contribution >= 0.6 is 0 Å². The third-order valence-corrected chi connectivity index (χ3v) is 2.01. The highest BCUT2D eigenvalue weighted by atomic mass is 16.5. The highest BCUT2D eigenvalue weighted by molar-refractivity contribution is 5.76. The lowest BCUT2D eigenvalue weighted by Gasteiger charge is -2.01. The summed E-state index contributed by atoms with van der Waals surface area (Å²) in [5.41, 5.74) is 1.28. The largest absolute Gasteiger partial charge is 0.469 e. The van der Waals surface area contributed by atoms with Gasteiger partial charge in [0.05, 0.1) is 25.3 Å². The fourth-order valence-electron chi connectivity index (χ4n) is 1.21. The number of ether oxygens (including phenoxy) is 1. The van der Waals surface area contributed by atoms with E-state index < -0.39 is 0 Å². The van der Waals surface area contributed by atoms with E-state index in [4.69, 9.17) is 0 Å². The Balaban J connectivity index is 2.70. The first-order chi connectivity index (χ1) is 6.69. The van der Waals surface area contributed by atoms with Gasteiger partial charge in [0.1, 0.15) is 0 Å². The van der Waals surface area contributed by atoms with Crippen molar-refractivity contribution in [3.05, 3.63) is 17.5 Å². The van der Waals surface area contributed by atoms with Crippen LogP contribution in [0.2, 0.25) is 0 Å². The summed E-state index contributed by atoms with van der Waals surface area (Å²) in [7, 11) is 3.08. The average Bonchev–Trinajstić information content (AvgIpc) is 2.55. The van der Waals surface area contributed by atoms with Crippen molar-refractivity contribution in [2.75, 3.05) is 7.11 Å². The Morgan fingerprint density at radius 1 is 1.71 bits per heavy atom. The van der Waals surface area contributed by atoms with Gasteiger partial charge in [-0.3, -0.25) is 14.3 Å². The molecule has 0 aliphatic rings. The van der Waals surface area contributed by atoms with Crippen LogP contribution in [0, 0.1) is 0 Å². The monoisotopic (exact) mass is 196 g/mol. The predicted molar refractivity (Wildman–Crippen MR) is 48.9 cm³/mol. The van der Waals surface area contributed by atoms with Crippen molar-refractivity contribution >= 4 is 12.3 Å². The third-order valence-electron chi connectivity index (χ3n) is 2.01. The Bertz CT molecular complexity index is 344. The molecule has 0 aliphatic carbocycles. The molecule has 0 bridgehead atoms. The van der Waals surface area contributed by atoms with Gasteiger partial charge in [-0.2, -0.15) is 5.10 Å². The molecule has 0 aliphatic heterocycles. The van der Waals surface area contributed by atoms with Crippen LogP contribution in [0.15, 0.2) is 6.20 Å². The number of carbonyl (C=O) groups is 2.